The van der Waals surface area contributed by atoms with Crippen LogP contribution in [0.25, 0.3) is 0 Å². The van der Waals surface area contributed by atoms with Crippen LogP contribution < -0.4 is 5.73 Å². The van der Waals surface area contributed by atoms with Crippen LogP contribution in [0.4, 0.5) is 0 Å². The highest BCUT2D eigenvalue weighted by molar-refractivity contribution is 5.47. The molecule has 3 N–H and O–H groups in total. The zero-order valence-corrected chi connectivity index (χ0v) is 10.0. The third-order valence-corrected chi connectivity index (χ3v) is 2.80. The van der Waals surface area contributed by atoms with E-state index in [0.717, 1.165) is 16.7 Å². The molecule has 0 radical (unpaired) electrons. The lowest BCUT2D eigenvalue weighted by atomic mass is 9.91. The van der Waals surface area contributed by atoms with Gasteiger partial charge in [-0.2, -0.15) is 0 Å². The van der Waals surface area contributed by atoms with Gasteiger partial charge in [-0.1, -0.05) is 39.8 Å². The number of phenols is 1. The molecular weight excluding hydrogens is 186 g/mol. The molecule has 0 aliphatic rings. The van der Waals surface area contributed by atoms with Gasteiger partial charge in [-0.3, -0.25) is 0 Å². The molecule has 2 nitrogen and oxygen atoms in total. The highest BCUT2D eigenvalue weighted by atomic mass is 16.3. The fourth-order valence-electron chi connectivity index (χ4n) is 1.89. The van der Waals surface area contributed by atoms with Gasteiger partial charge in [0.05, 0.1) is 0 Å². The van der Waals surface area contributed by atoms with Crippen molar-refractivity contribution in [3.05, 3.63) is 28.8 Å². The molecule has 15 heavy (non-hydrogen) atoms. The van der Waals surface area contributed by atoms with Gasteiger partial charge in [-0.15, -0.1) is 0 Å². The Kier molecular flexibility index (Phi) is 3.75. The van der Waals surface area contributed by atoms with E-state index >= 15 is 0 Å². The summed E-state index contributed by atoms with van der Waals surface area (Å²) < 4.78 is 0. The Morgan fingerprint density at radius 1 is 1.07 bits per heavy atom. The Morgan fingerprint density at radius 3 is 1.93 bits per heavy atom. The lowest BCUT2D eigenvalue weighted by molar-refractivity contribution is 0.456. The summed E-state index contributed by atoms with van der Waals surface area (Å²) in [5.41, 5.74) is 8.74. The van der Waals surface area contributed by atoms with Crippen LogP contribution in [0.2, 0.25) is 0 Å². The van der Waals surface area contributed by atoms with Crippen molar-refractivity contribution < 1.29 is 5.11 Å². The minimum atomic E-state index is 0.330. The van der Waals surface area contributed by atoms with Crippen LogP contribution in [0, 0.1) is 0 Å². The molecule has 1 aromatic carbocycles. The molecule has 0 spiro atoms. The quantitative estimate of drug-likeness (QED) is 0.800. The van der Waals surface area contributed by atoms with Crippen LogP contribution in [0.3, 0.4) is 0 Å². The van der Waals surface area contributed by atoms with Crippen molar-refractivity contribution >= 4 is 0 Å². The van der Waals surface area contributed by atoms with Crippen molar-refractivity contribution in [1.29, 1.82) is 0 Å². The highest BCUT2D eigenvalue weighted by Gasteiger charge is 2.14. The number of hydrogen-bond donors (Lipinski definition) is 2. The number of rotatable bonds is 3. The minimum absolute atomic E-state index is 0.330. The Bertz CT molecular complexity index is 343. The summed E-state index contributed by atoms with van der Waals surface area (Å²) in [7, 11) is 0. The van der Waals surface area contributed by atoms with Gasteiger partial charge >= 0.3 is 0 Å². The topological polar surface area (TPSA) is 46.2 Å². The summed E-state index contributed by atoms with van der Waals surface area (Å²) in [5, 5.41) is 10.1. The van der Waals surface area contributed by atoms with Gasteiger partial charge < -0.3 is 10.8 Å². The van der Waals surface area contributed by atoms with Crippen molar-refractivity contribution in [1.82, 2.24) is 0 Å². The first-order chi connectivity index (χ1) is 6.99. The second-order valence-corrected chi connectivity index (χ2v) is 4.58. The lowest BCUT2D eigenvalue weighted by Crippen LogP contribution is -2.05. The van der Waals surface area contributed by atoms with Gasteiger partial charge in [0, 0.05) is 12.1 Å². The number of aromatic hydroxyl groups is 1. The highest BCUT2D eigenvalue weighted by Crippen LogP contribution is 2.33. The maximum atomic E-state index is 10.1. The van der Waals surface area contributed by atoms with Gasteiger partial charge in [-0.25, -0.2) is 0 Å². The average molecular weight is 207 g/mol. The number of benzene rings is 1. The number of hydrogen-bond acceptors (Lipinski definition) is 2. The van der Waals surface area contributed by atoms with Crippen LogP contribution in [0.5, 0.6) is 5.75 Å². The van der Waals surface area contributed by atoms with Gasteiger partial charge in [0.15, 0.2) is 0 Å². The van der Waals surface area contributed by atoms with E-state index < -0.39 is 0 Å². The molecule has 0 aromatic heterocycles. The lowest BCUT2D eigenvalue weighted by Gasteiger charge is -2.17. The largest absolute Gasteiger partial charge is 0.507 e. The molecule has 0 aliphatic heterocycles. The van der Waals surface area contributed by atoms with Crippen LogP contribution in [-0.4, -0.2) is 5.11 Å². The van der Waals surface area contributed by atoms with E-state index in [2.05, 4.69) is 33.8 Å². The molecule has 1 rings (SSSR count). The molecule has 1 aromatic rings. The maximum Gasteiger partial charge on any atom is 0.123 e. The summed E-state index contributed by atoms with van der Waals surface area (Å²) in [5.74, 6) is 1.12. The Morgan fingerprint density at radius 2 is 1.53 bits per heavy atom. The molecular formula is C13H21NO. The fourth-order valence-corrected chi connectivity index (χ4v) is 1.89. The summed E-state index contributed by atoms with van der Waals surface area (Å²) in [6.07, 6.45) is 0. The van der Waals surface area contributed by atoms with E-state index in [-0.39, 0.29) is 0 Å². The summed E-state index contributed by atoms with van der Waals surface area (Å²) >= 11 is 0. The van der Waals surface area contributed by atoms with Crippen LogP contribution in [0.1, 0.15) is 56.2 Å². The molecule has 0 unspecified atom stereocenters. The van der Waals surface area contributed by atoms with E-state index in [1.807, 2.05) is 6.07 Å². The molecule has 0 fully saturated rings. The molecule has 0 bridgehead atoms. The van der Waals surface area contributed by atoms with Gasteiger partial charge in [0.1, 0.15) is 5.75 Å². The molecule has 0 aliphatic carbocycles. The molecule has 0 amide bonds. The molecule has 84 valence electrons. The second-order valence-electron chi connectivity index (χ2n) is 4.58. The first-order valence-electron chi connectivity index (χ1n) is 5.53. The monoisotopic (exact) mass is 207 g/mol. The van der Waals surface area contributed by atoms with Gasteiger partial charge in [0.2, 0.25) is 0 Å². The summed E-state index contributed by atoms with van der Waals surface area (Å²) in [6, 6.07) is 4.09. The predicted octanol–water partition coefficient (Wildman–Crippen LogP) is 3.10. The van der Waals surface area contributed by atoms with E-state index in [1.165, 1.54) is 0 Å². The Labute approximate surface area is 92.1 Å². The molecule has 2 heteroatoms. The Hall–Kier alpha value is -1.02. The Balaban J connectivity index is 3.32. The van der Waals surface area contributed by atoms with Crippen molar-refractivity contribution in [2.45, 2.75) is 46.1 Å². The molecule has 0 saturated carbocycles. The van der Waals surface area contributed by atoms with Gasteiger partial charge in [-0.05, 0) is 23.0 Å². The minimum Gasteiger partial charge on any atom is -0.507 e. The predicted molar refractivity (Wildman–Crippen MR) is 64.2 cm³/mol. The fraction of sp³-hybridized carbons (Fsp3) is 0.538. The number of nitrogens with two attached hydrogens (primary N) is 1. The SMILES string of the molecule is CC(C)c1ccc(C(C)C)c(CN)c1O. The van der Waals surface area contributed by atoms with Crippen LogP contribution >= 0.6 is 0 Å². The van der Waals surface area contributed by atoms with Crippen molar-refractivity contribution in [2.75, 3.05) is 0 Å². The van der Waals surface area contributed by atoms with Gasteiger partial charge in [0.25, 0.3) is 0 Å². The second kappa shape index (κ2) is 4.67. The maximum absolute atomic E-state index is 10.1. The molecule has 0 saturated heterocycles. The standard InChI is InChI=1S/C13H21NO/c1-8(2)10-5-6-11(9(3)4)13(15)12(10)7-14/h5-6,8-9,15H,7,14H2,1-4H3. The first kappa shape index (κ1) is 12.1. The van der Waals surface area contributed by atoms with Crippen LogP contribution in [0.15, 0.2) is 12.1 Å². The third-order valence-electron chi connectivity index (χ3n) is 2.80. The summed E-state index contributed by atoms with van der Waals surface area (Å²) in [4.78, 5) is 0. The smallest absolute Gasteiger partial charge is 0.123 e. The molecule has 0 atom stereocenters. The normalized spacial score (nSPS) is 11.4. The average Bonchev–Trinajstić information content (AvgIpc) is 2.16. The number of phenolic OH excluding ortho intramolecular Hbond substituents is 1. The van der Waals surface area contributed by atoms with E-state index in [1.54, 1.807) is 0 Å². The third kappa shape index (κ3) is 2.32. The zero-order valence-electron chi connectivity index (χ0n) is 10.0. The van der Waals surface area contributed by atoms with Crippen LogP contribution in [-0.2, 0) is 6.54 Å². The zero-order chi connectivity index (χ0) is 11.6. The summed E-state index contributed by atoms with van der Waals surface area (Å²) in [6.45, 7) is 8.78. The van der Waals surface area contributed by atoms with E-state index in [9.17, 15) is 5.11 Å². The van der Waals surface area contributed by atoms with Crippen molar-refractivity contribution in [3.63, 3.8) is 0 Å². The van der Waals surface area contributed by atoms with E-state index in [4.69, 9.17) is 5.73 Å². The van der Waals surface area contributed by atoms with Crippen molar-refractivity contribution in [2.24, 2.45) is 5.73 Å². The van der Waals surface area contributed by atoms with E-state index in [0.29, 0.717) is 24.1 Å². The van der Waals surface area contributed by atoms with Crippen molar-refractivity contribution in [3.8, 4) is 5.75 Å². The molecule has 0 heterocycles. The first-order valence-corrected chi connectivity index (χ1v) is 5.53.